The number of halogens is 1. The third kappa shape index (κ3) is 3.45. The van der Waals surface area contributed by atoms with Gasteiger partial charge in [-0.1, -0.05) is 18.2 Å². The standard InChI is InChI=1S/C18H18FN3O3/c1-13-6-7-14(12-17(13)22(24)25)18(23)21-10-8-20(9-11-21)16-5-3-2-4-15(16)19/h2-7,12H,8-11H2,1H3. The van der Waals surface area contributed by atoms with Crippen molar-refractivity contribution in [3.8, 4) is 0 Å². The van der Waals surface area contributed by atoms with Gasteiger partial charge in [0.1, 0.15) is 5.82 Å². The molecule has 1 aliphatic heterocycles. The van der Waals surface area contributed by atoms with Crippen molar-refractivity contribution in [3.05, 3.63) is 69.5 Å². The van der Waals surface area contributed by atoms with Gasteiger partial charge in [0.05, 0.1) is 10.6 Å². The van der Waals surface area contributed by atoms with Gasteiger partial charge in [0.15, 0.2) is 0 Å². The van der Waals surface area contributed by atoms with Crippen LogP contribution in [0.25, 0.3) is 0 Å². The zero-order valence-corrected chi connectivity index (χ0v) is 13.8. The number of amides is 1. The van der Waals surface area contributed by atoms with Crippen molar-refractivity contribution >= 4 is 17.3 Å². The molecule has 130 valence electrons. The fourth-order valence-corrected chi connectivity index (χ4v) is 2.98. The Labute approximate surface area is 144 Å². The highest BCUT2D eigenvalue weighted by Gasteiger charge is 2.25. The van der Waals surface area contributed by atoms with Crippen molar-refractivity contribution in [1.29, 1.82) is 0 Å². The van der Waals surface area contributed by atoms with Crippen LogP contribution in [0, 0.1) is 22.9 Å². The normalized spacial score (nSPS) is 14.5. The van der Waals surface area contributed by atoms with Crippen molar-refractivity contribution in [1.82, 2.24) is 4.90 Å². The lowest BCUT2D eigenvalue weighted by Crippen LogP contribution is -2.49. The van der Waals surface area contributed by atoms with Gasteiger partial charge in [-0.05, 0) is 25.1 Å². The first-order chi connectivity index (χ1) is 12.0. The van der Waals surface area contributed by atoms with Gasteiger partial charge in [-0.2, -0.15) is 0 Å². The van der Waals surface area contributed by atoms with Crippen LogP contribution in [0.1, 0.15) is 15.9 Å². The van der Waals surface area contributed by atoms with E-state index >= 15 is 0 Å². The fourth-order valence-electron chi connectivity index (χ4n) is 2.98. The number of hydrogen-bond acceptors (Lipinski definition) is 4. The molecule has 0 aliphatic carbocycles. The van der Waals surface area contributed by atoms with Gasteiger partial charge >= 0.3 is 0 Å². The molecule has 0 radical (unpaired) electrons. The van der Waals surface area contributed by atoms with Gasteiger partial charge in [0.25, 0.3) is 11.6 Å². The number of nitrogens with zero attached hydrogens (tertiary/aromatic N) is 3. The van der Waals surface area contributed by atoms with Gasteiger partial charge in [-0.15, -0.1) is 0 Å². The average Bonchev–Trinajstić information content (AvgIpc) is 2.62. The minimum absolute atomic E-state index is 0.0594. The number of benzene rings is 2. The summed E-state index contributed by atoms with van der Waals surface area (Å²) in [5.74, 6) is -0.521. The summed E-state index contributed by atoms with van der Waals surface area (Å²) in [6, 6.07) is 11.1. The molecule has 0 aromatic heterocycles. The summed E-state index contributed by atoms with van der Waals surface area (Å²) in [6.45, 7) is 3.55. The Morgan fingerprint density at radius 2 is 1.80 bits per heavy atom. The Morgan fingerprint density at radius 3 is 2.44 bits per heavy atom. The number of rotatable bonds is 3. The zero-order valence-electron chi connectivity index (χ0n) is 13.8. The Balaban J connectivity index is 1.71. The maximum absolute atomic E-state index is 13.9. The van der Waals surface area contributed by atoms with Gasteiger partial charge < -0.3 is 9.80 Å². The summed E-state index contributed by atoms with van der Waals surface area (Å²) in [5, 5.41) is 11.0. The molecule has 2 aromatic rings. The van der Waals surface area contributed by atoms with Crippen LogP contribution in [0.3, 0.4) is 0 Å². The van der Waals surface area contributed by atoms with E-state index in [1.807, 2.05) is 4.90 Å². The zero-order chi connectivity index (χ0) is 18.0. The maximum atomic E-state index is 13.9. The Bertz CT molecular complexity index is 817. The molecule has 2 aromatic carbocycles. The van der Waals surface area contributed by atoms with Crippen LogP contribution in [0.4, 0.5) is 15.8 Å². The summed E-state index contributed by atoms with van der Waals surface area (Å²) in [5.41, 5.74) is 1.29. The average molecular weight is 343 g/mol. The summed E-state index contributed by atoms with van der Waals surface area (Å²) >= 11 is 0. The first-order valence-corrected chi connectivity index (χ1v) is 8.01. The van der Waals surface area contributed by atoms with Crippen molar-refractivity contribution in [3.63, 3.8) is 0 Å². The van der Waals surface area contributed by atoms with Crippen LogP contribution < -0.4 is 4.90 Å². The Kier molecular flexibility index (Phi) is 4.65. The van der Waals surface area contributed by atoms with Gasteiger partial charge in [0.2, 0.25) is 0 Å². The van der Waals surface area contributed by atoms with Crippen LogP contribution in [-0.2, 0) is 0 Å². The molecule has 1 aliphatic rings. The Hall–Kier alpha value is -2.96. The van der Waals surface area contributed by atoms with Crippen LogP contribution in [0.5, 0.6) is 0 Å². The SMILES string of the molecule is Cc1ccc(C(=O)N2CCN(c3ccccc3F)CC2)cc1[N+](=O)[O-]. The van der Waals surface area contributed by atoms with Crippen molar-refractivity contribution < 1.29 is 14.1 Å². The molecule has 6 nitrogen and oxygen atoms in total. The summed E-state index contributed by atoms with van der Waals surface area (Å²) in [7, 11) is 0. The lowest BCUT2D eigenvalue weighted by atomic mass is 10.1. The number of hydrogen-bond donors (Lipinski definition) is 0. The maximum Gasteiger partial charge on any atom is 0.273 e. The number of para-hydroxylation sites is 1. The van der Waals surface area contributed by atoms with E-state index in [0.29, 0.717) is 43.0 Å². The van der Waals surface area contributed by atoms with Gasteiger partial charge in [0, 0.05) is 43.4 Å². The molecule has 0 N–H and O–H groups in total. The molecule has 0 bridgehead atoms. The smallest absolute Gasteiger partial charge is 0.273 e. The second-order valence-electron chi connectivity index (χ2n) is 5.99. The molecule has 1 fully saturated rings. The van der Waals surface area contributed by atoms with E-state index in [1.165, 1.54) is 12.1 Å². The minimum Gasteiger partial charge on any atom is -0.366 e. The van der Waals surface area contributed by atoms with Crippen LogP contribution in [0.2, 0.25) is 0 Å². The lowest BCUT2D eigenvalue weighted by Gasteiger charge is -2.36. The van der Waals surface area contributed by atoms with E-state index in [-0.39, 0.29) is 17.4 Å². The highest BCUT2D eigenvalue weighted by atomic mass is 19.1. The van der Waals surface area contributed by atoms with Crippen LogP contribution in [0.15, 0.2) is 42.5 Å². The summed E-state index contributed by atoms with van der Waals surface area (Å²) in [6.07, 6.45) is 0. The molecule has 0 unspecified atom stereocenters. The first kappa shape index (κ1) is 16.9. The predicted molar refractivity (Wildman–Crippen MR) is 92.3 cm³/mol. The van der Waals surface area contributed by atoms with Gasteiger partial charge in [-0.25, -0.2) is 4.39 Å². The molecule has 7 heteroatoms. The molecule has 3 rings (SSSR count). The predicted octanol–water partition coefficient (Wildman–Crippen LogP) is 3.00. The van der Waals surface area contributed by atoms with Gasteiger partial charge in [-0.3, -0.25) is 14.9 Å². The van der Waals surface area contributed by atoms with Crippen molar-refractivity contribution in [2.24, 2.45) is 0 Å². The van der Waals surface area contributed by atoms with Crippen molar-refractivity contribution in [2.45, 2.75) is 6.92 Å². The molecule has 25 heavy (non-hydrogen) atoms. The topological polar surface area (TPSA) is 66.7 Å². The molecular weight excluding hydrogens is 325 g/mol. The molecule has 1 saturated heterocycles. The summed E-state index contributed by atoms with van der Waals surface area (Å²) < 4.78 is 13.9. The lowest BCUT2D eigenvalue weighted by molar-refractivity contribution is -0.385. The Morgan fingerprint density at radius 1 is 1.12 bits per heavy atom. The van der Waals surface area contributed by atoms with E-state index in [1.54, 1.807) is 42.2 Å². The number of nitro groups is 1. The number of anilines is 1. The molecular formula is C18H18FN3O3. The molecule has 1 heterocycles. The summed E-state index contributed by atoms with van der Waals surface area (Å²) in [4.78, 5) is 26.7. The number of carbonyl (C=O) groups is 1. The van der Waals surface area contributed by atoms with E-state index in [0.717, 1.165) is 0 Å². The quantitative estimate of drug-likeness (QED) is 0.635. The number of aryl methyl sites for hydroxylation is 1. The molecule has 1 amide bonds. The first-order valence-electron chi connectivity index (χ1n) is 8.01. The third-order valence-electron chi connectivity index (χ3n) is 4.41. The second kappa shape index (κ2) is 6.88. The van der Waals surface area contributed by atoms with Crippen LogP contribution in [-0.4, -0.2) is 41.9 Å². The van der Waals surface area contributed by atoms with Crippen LogP contribution >= 0.6 is 0 Å². The van der Waals surface area contributed by atoms with E-state index < -0.39 is 4.92 Å². The largest absolute Gasteiger partial charge is 0.366 e. The molecule has 0 spiro atoms. The highest BCUT2D eigenvalue weighted by molar-refractivity contribution is 5.95. The second-order valence-corrected chi connectivity index (χ2v) is 5.99. The van der Waals surface area contributed by atoms with E-state index in [4.69, 9.17) is 0 Å². The van der Waals surface area contributed by atoms with E-state index in [2.05, 4.69) is 0 Å². The van der Waals surface area contributed by atoms with Crippen molar-refractivity contribution in [2.75, 3.05) is 31.1 Å². The fraction of sp³-hybridized carbons (Fsp3) is 0.278. The number of piperazine rings is 1. The number of nitro benzene ring substituents is 1. The monoisotopic (exact) mass is 343 g/mol. The highest BCUT2D eigenvalue weighted by Crippen LogP contribution is 2.23. The third-order valence-corrected chi connectivity index (χ3v) is 4.41. The minimum atomic E-state index is -0.484. The molecule has 0 saturated carbocycles. The number of carbonyl (C=O) groups excluding carboxylic acids is 1. The van der Waals surface area contributed by atoms with E-state index in [9.17, 15) is 19.3 Å². The molecule has 0 atom stereocenters.